The van der Waals surface area contributed by atoms with Crippen LogP contribution < -0.4 is 15.4 Å². The second kappa shape index (κ2) is 11.5. The zero-order valence-corrected chi connectivity index (χ0v) is 14.3. The number of benzene rings is 1. The molecule has 1 aromatic rings. The number of alkyl halides is 2. The number of halogens is 3. The molecule has 0 radical (unpaired) electrons. The molecule has 1 rings (SSSR count). The normalized spacial score (nSPS) is 11.0. The van der Waals surface area contributed by atoms with E-state index in [0.29, 0.717) is 25.7 Å². The van der Waals surface area contributed by atoms with Crippen molar-refractivity contribution in [3.63, 3.8) is 0 Å². The standard InChI is InChI=1S/C13H19F2N3O2.HI/c1-16-13(17-6-7-19-2)18-9-10-4-3-5-11(8-10)20-12(14)15;/h3-5,8,12H,6-7,9H2,1-2H3,(H2,16,17,18);1H. The number of hydrogen-bond acceptors (Lipinski definition) is 3. The van der Waals surface area contributed by atoms with Crippen LogP contribution >= 0.6 is 24.0 Å². The summed E-state index contributed by atoms with van der Waals surface area (Å²) in [5.41, 5.74) is 0.817. The van der Waals surface area contributed by atoms with Gasteiger partial charge in [0.15, 0.2) is 5.96 Å². The van der Waals surface area contributed by atoms with Crippen LogP contribution in [0.5, 0.6) is 5.75 Å². The van der Waals surface area contributed by atoms with E-state index >= 15 is 0 Å². The third-order valence-electron chi connectivity index (χ3n) is 2.41. The Morgan fingerprint density at radius 3 is 2.71 bits per heavy atom. The predicted molar refractivity (Wildman–Crippen MR) is 88.6 cm³/mol. The summed E-state index contributed by atoms with van der Waals surface area (Å²) in [5.74, 6) is 0.754. The van der Waals surface area contributed by atoms with E-state index in [2.05, 4.69) is 20.4 Å². The Labute approximate surface area is 140 Å². The fourth-order valence-corrected chi connectivity index (χ4v) is 1.51. The monoisotopic (exact) mass is 415 g/mol. The fraction of sp³-hybridized carbons (Fsp3) is 0.462. The number of rotatable bonds is 7. The molecule has 120 valence electrons. The molecule has 0 saturated carbocycles. The van der Waals surface area contributed by atoms with Crippen LogP contribution in [-0.2, 0) is 11.3 Å². The van der Waals surface area contributed by atoms with E-state index in [9.17, 15) is 8.78 Å². The average molecular weight is 415 g/mol. The van der Waals surface area contributed by atoms with Crippen LogP contribution in [0.1, 0.15) is 5.56 Å². The SMILES string of the molecule is CN=C(NCCOC)NCc1cccc(OC(F)F)c1.I. The van der Waals surface area contributed by atoms with Gasteiger partial charge in [0.25, 0.3) is 0 Å². The first-order chi connectivity index (χ1) is 9.65. The van der Waals surface area contributed by atoms with Gasteiger partial charge in [0.05, 0.1) is 6.61 Å². The van der Waals surface area contributed by atoms with E-state index in [1.807, 2.05) is 6.07 Å². The molecule has 0 aliphatic heterocycles. The third kappa shape index (κ3) is 8.66. The molecular weight excluding hydrogens is 395 g/mol. The maximum Gasteiger partial charge on any atom is 0.387 e. The molecular formula is C13H20F2IN3O2. The first-order valence-electron chi connectivity index (χ1n) is 6.13. The first-order valence-corrected chi connectivity index (χ1v) is 6.13. The number of methoxy groups -OCH3 is 1. The number of hydrogen-bond donors (Lipinski definition) is 2. The molecule has 21 heavy (non-hydrogen) atoms. The molecule has 0 unspecified atom stereocenters. The highest BCUT2D eigenvalue weighted by atomic mass is 127. The maximum absolute atomic E-state index is 12.1. The number of nitrogens with one attached hydrogen (secondary N) is 2. The summed E-state index contributed by atoms with van der Waals surface area (Å²) in [6, 6.07) is 6.52. The quantitative estimate of drug-likeness (QED) is 0.311. The Morgan fingerprint density at radius 1 is 1.33 bits per heavy atom. The zero-order chi connectivity index (χ0) is 14.8. The molecule has 8 heteroatoms. The van der Waals surface area contributed by atoms with Gasteiger partial charge in [-0.1, -0.05) is 12.1 Å². The van der Waals surface area contributed by atoms with Crippen molar-refractivity contribution < 1.29 is 18.3 Å². The van der Waals surface area contributed by atoms with Crippen LogP contribution in [0.3, 0.4) is 0 Å². The van der Waals surface area contributed by atoms with Gasteiger partial charge in [-0.2, -0.15) is 8.78 Å². The van der Waals surface area contributed by atoms with Crippen LogP contribution in [0.2, 0.25) is 0 Å². The molecule has 0 fully saturated rings. The minimum absolute atomic E-state index is 0. The fourth-order valence-electron chi connectivity index (χ4n) is 1.51. The van der Waals surface area contributed by atoms with E-state index in [1.165, 1.54) is 6.07 Å². The number of guanidine groups is 1. The summed E-state index contributed by atoms with van der Waals surface area (Å²) >= 11 is 0. The van der Waals surface area contributed by atoms with Crippen molar-refractivity contribution in [2.45, 2.75) is 13.2 Å². The van der Waals surface area contributed by atoms with E-state index in [0.717, 1.165) is 5.56 Å². The number of aliphatic imine (C=N–C) groups is 1. The van der Waals surface area contributed by atoms with Gasteiger partial charge in [0.1, 0.15) is 5.75 Å². The van der Waals surface area contributed by atoms with Gasteiger partial charge in [0, 0.05) is 27.2 Å². The van der Waals surface area contributed by atoms with Gasteiger partial charge in [-0.3, -0.25) is 4.99 Å². The summed E-state index contributed by atoms with van der Waals surface area (Å²) in [7, 11) is 3.27. The summed E-state index contributed by atoms with van der Waals surface area (Å²) in [6.07, 6.45) is 0. The van der Waals surface area contributed by atoms with E-state index in [-0.39, 0.29) is 29.7 Å². The van der Waals surface area contributed by atoms with E-state index < -0.39 is 6.61 Å². The highest BCUT2D eigenvalue weighted by Crippen LogP contribution is 2.15. The molecule has 0 aromatic heterocycles. The van der Waals surface area contributed by atoms with Crippen LogP contribution in [-0.4, -0.2) is 39.9 Å². The van der Waals surface area contributed by atoms with Gasteiger partial charge >= 0.3 is 6.61 Å². The number of ether oxygens (including phenoxy) is 2. The molecule has 0 saturated heterocycles. The summed E-state index contributed by atoms with van der Waals surface area (Å²) < 4.78 is 33.5. The molecule has 5 nitrogen and oxygen atoms in total. The molecule has 0 aliphatic rings. The highest BCUT2D eigenvalue weighted by molar-refractivity contribution is 14.0. The Balaban J connectivity index is 0.00000400. The van der Waals surface area contributed by atoms with Crippen molar-refractivity contribution in [1.29, 1.82) is 0 Å². The van der Waals surface area contributed by atoms with E-state index in [4.69, 9.17) is 4.74 Å². The van der Waals surface area contributed by atoms with Crippen LogP contribution in [0, 0.1) is 0 Å². The Hall–Kier alpha value is -1.16. The van der Waals surface area contributed by atoms with Gasteiger partial charge < -0.3 is 20.1 Å². The summed E-state index contributed by atoms with van der Waals surface area (Å²) in [6.45, 7) is -1.17. The average Bonchev–Trinajstić information content (AvgIpc) is 2.42. The van der Waals surface area contributed by atoms with Crippen LogP contribution in [0.15, 0.2) is 29.3 Å². The lowest BCUT2D eigenvalue weighted by atomic mass is 10.2. The highest BCUT2D eigenvalue weighted by Gasteiger charge is 2.05. The predicted octanol–water partition coefficient (Wildman–Crippen LogP) is 2.22. The van der Waals surface area contributed by atoms with Crippen molar-refractivity contribution in [3.8, 4) is 5.75 Å². The third-order valence-corrected chi connectivity index (χ3v) is 2.41. The minimum atomic E-state index is -2.82. The second-order valence-electron chi connectivity index (χ2n) is 3.87. The molecule has 0 amide bonds. The topological polar surface area (TPSA) is 54.9 Å². The van der Waals surface area contributed by atoms with Crippen molar-refractivity contribution in [2.24, 2.45) is 4.99 Å². The van der Waals surface area contributed by atoms with Crippen LogP contribution in [0.4, 0.5) is 8.78 Å². The Bertz CT molecular complexity index is 434. The van der Waals surface area contributed by atoms with Crippen LogP contribution in [0.25, 0.3) is 0 Å². The molecule has 0 heterocycles. The van der Waals surface area contributed by atoms with Gasteiger partial charge in [-0.15, -0.1) is 24.0 Å². The number of nitrogens with zero attached hydrogens (tertiary/aromatic N) is 1. The molecule has 0 atom stereocenters. The lowest BCUT2D eigenvalue weighted by molar-refractivity contribution is -0.0498. The van der Waals surface area contributed by atoms with Crippen molar-refractivity contribution in [3.05, 3.63) is 29.8 Å². The lowest BCUT2D eigenvalue weighted by Crippen LogP contribution is -2.38. The minimum Gasteiger partial charge on any atom is -0.435 e. The maximum atomic E-state index is 12.1. The van der Waals surface area contributed by atoms with Crippen molar-refractivity contribution >= 4 is 29.9 Å². The zero-order valence-electron chi connectivity index (χ0n) is 11.9. The lowest BCUT2D eigenvalue weighted by Gasteiger charge is -2.12. The second-order valence-corrected chi connectivity index (χ2v) is 3.87. The summed E-state index contributed by atoms with van der Waals surface area (Å²) in [5, 5.41) is 6.12. The first kappa shape index (κ1) is 19.8. The Morgan fingerprint density at radius 2 is 2.10 bits per heavy atom. The molecule has 0 bridgehead atoms. The van der Waals surface area contributed by atoms with Gasteiger partial charge in [-0.05, 0) is 17.7 Å². The smallest absolute Gasteiger partial charge is 0.387 e. The Kier molecular flexibility index (Phi) is 10.9. The molecule has 0 aliphatic carbocycles. The van der Waals surface area contributed by atoms with Crippen molar-refractivity contribution in [2.75, 3.05) is 27.3 Å². The largest absolute Gasteiger partial charge is 0.435 e. The molecule has 2 N–H and O–H groups in total. The molecule has 1 aromatic carbocycles. The molecule has 0 spiro atoms. The van der Waals surface area contributed by atoms with Gasteiger partial charge in [0.2, 0.25) is 0 Å². The summed E-state index contributed by atoms with van der Waals surface area (Å²) in [4.78, 5) is 4.03. The van der Waals surface area contributed by atoms with Crippen molar-refractivity contribution in [1.82, 2.24) is 10.6 Å². The van der Waals surface area contributed by atoms with E-state index in [1.54, 1.807) is 26.3 Å². The van der Waals surface area contributed by atoms with Gasteiger partial charge in [-0.25, -0.2) is 0 Å².